The van der Waals surface area contributed by atoms with Crippen LogP contribution < -0.4 is 14.2 Å². The maximum atomic E-state index is 12.1. The van der Waals surface area contributed by atoms with Gasteiger partial charge in [-0.3, -0.25) is 4.79 Å². The quantitative estimate of drug-likeness (QED) is 0.812. The summed E-state index contributed by atoms with van der Waals surface area (Å²) in [5.74, 6) is 1.94. The number of likely N-dealkylation sites (tertiary alicyclic amines) is 1. The third-order valence-electron chi connectivity index (χ3n) is 3.77. The minimum absolute atomic E-state index is 0.00997. The van der Waals surface area contributed by atoms with Gasteiger partial charge < -0.3 is 19.1 Å². The van der Waals surface area contributed by atoms with Crippen LogP contribution in [0.5, 0.6) is 17.4 Å². The van der Waals surface area contributed by atoms with Gasteiger partial charge in [-0.1, -0.05) is 6.07 Å². The number of carbonyl (C=O) groups excluding carboxylic acids is 1. The van der Waals surface area contributed by atoms with Crippen LogP contribution in [0, 0.1) is 6.92 Å². The highest BCUT2D eigenvalue weighted by Gasteiger charge is 2.32. The number of methoxy groups -OCH3 is 1. The van der Waals surface area contributed by atoms with Crippen LogP contribution in [0.3, 0.4) is 0 Å². The standard InChI is InChI=1S/C18H20N2O4/c1-13-4-3-5-17(19-13)24-16-10-20(11-16)18(21)12-23-15-8-6-14(22-2)7-9-15/h3-9,16H,10-12H2,1-2H3. The van der Waals surface area contributed by atoms with Gasteiger partial charge in [0.15, 0.2) is 6.61 Å². The molecule has 6 heteroatoms. The predicted molar refractivity (Wildman–Crippen MR) is 88.5 cm³/mol. The number of amides is 1. The molecule has 0 N–H and O–H groups in total. The first kappa shape index (κ1) is 16.1. The zero-order valence-electron chi connectivity index (χ0n) is 13.8. The third kappa shape index (κ3) is 3.95. The van der Waals surface area contributed by atoms with Crippen molar-refractivity contribution in [1.82, 2.24) is 9.88 Å². The van der Waals surface area contributed by atoms with E-state index < -0.39 is 0 Å². The second-order valence-electron chi connectivity index (χ2n) is 5.62. The lowest BCUT2D eigenvalue weighted by Crippen LogP contribution is -2.57. The Kier molecular flexibility index (Phi) is 4.84. The minimum atomic E-state index is -0.0529. The number of pyridine rings is 1. The van der Waals surface area contributed by atoms with Crippen LogP contribution in [-0.2, 0) is 4.79 Å². The summed E-state index contributed by atoms with van der Waals surface area (Å²) in [5.41, 5.74) is 0.910. The predicted octanol–water partition coefficient (Wildman–Crippen LogP) is 2.07. The SMILES string of the molecule is COc1ccc(OCC(=O)N2CC(Oc3cccc(C)n3)C2)cc1. The summed E-state index contributed by atoms with van der Waals surface area (Å²) < 4.78 is 16.3. The average molecular weight is 328 g/mol. The summed E-state index contributed by atoms with van der Waals surface area (Å²) in [6, 6.07) is 12.8. The van der Waals surface area contributed by atoms with E-state index in [9.17, 15) is 4.79 Å². The number of carbonyl (C=O) groups is 1. The molecule has 126 valence electrons. The number of hydrogen-bond donors (Lipinski definition) is 0. The summed E-state index contributed by atoms with van der Waals surface area (Å²) in [7, 11) is 1.61. The summed E-state index contributed by atoms with van der Waals surface area (Å²) >= 11 is 0. The highest BCUT2D eigenvalue weighted by Crippen LogP contribution is 2.19. The van der Waals surface area contributed by atoms with Crippen molar-refractivity contribution in [1.29, 1.82) is 0 Å². The largest absolute Gasteiger partial charge is 0.497 e. The molecule has 2 aromatic rings. The molecule has 0 aliphatic carbocycles. The van der Waals surface area contributed by atoms with Crippen molar-refractivity contribution >= 4 is 5.91 Å². The van der Waals surface area contributed by atoms with Crippen LogP contribution in [0.2, 0.25) is 0 Å². The molecular formula is C18H20N2O4. The maximum absolute atomic E-state index is 12.1. The maximum Gasteiger partial charge on any atom is 0.260 e. The molecule has 1 aromatic heterocycles. The van der Waals surface area contributed by atoms with E-state index in [0.29, 0.717) is 24.7 Å². The van der Waals surface area contributed by atoms with Gasteiger partial charge in [0.25, 0.3) is 5.91 Å². The van der Waals surface area contributed by atoms with E-state index in [0.717, 1.165) is 11.4 Å². The van der Waals surface area contributed by atoms with Gasteiger partial charge in [0, 0.05) is 11.8 Å². The van der Waals surface area contributed by atoms with Crippen molar-refractivity contribution < 1.29 is 19.0 Å². The van der Waals surface area contributed by atoms with Crippen molar-refractivity contribution in [2.75, 3.05) is 26.8 Å². The second kappa shape index (κ2) is 7.21. The Bertz CT molecular complexity index is 696. The smallest absolute Gasteiger partial charge is 0.260 e. The molecule has 0 spiro atoms. The van der Waals surface area contributed by atoms with Crippen LogP contribution in [0.4, 0.5) is 0 Å². The number of rotatable bonds is 6. The van der Waals surface area contributed by atoms with E-state index in [1.807, 2.05) is 25.1 Å². The lowest BCUT2D eigenvalue weighted by Gasteiger charge is -2.38. The van der Waals surface area contributed by atoms with Crippen LogP contribution in [0.15, 0.2) is 42.5 Å². The Labute approximate surface area is 141 Å². The molecule has 1 aromatic carbocycles. The van der Waals surface area contributed by atoms with Gasteiger partial charge in [0.1, 0.15) is 17.6 Å². The number of hydrogen-bond acceptors (Lipinski definition) is 5. The van der Waals surface area contributed by atoms with Crippen LogP contribution in [0.1, 0.15) is 5.69 Å². The van der Waals surface area contributed by atoms with Crippen LogP contribution >= 0.6 is 0 Å². The number of aryl methyl sites for hydroxylation is 1. The van der Waals surface area contributed by atoms with Gasteiger partial charge in [0.2, 0.25) is 5.88 Å². The van der Waals surface area contributed by atoms with Gasteiger partial charge in [0.05, 0.1) is 20.2 Å². The first-order valence-electron chi connectivity index (χ1n) is 7.79. The molecular weight excluding hydrogens is 308 g/mol. The van der Waals surface area contributed by atoms with Crippen molar-refractivity contribution in [3.63, 3.8) is 0 Å². The zero-order chi connectivity index (χ0) is 16.9. The molecule has 1 saturated heterocycles. The first-order chi connectivity index (χ1) is 11.6. The Morgan fingerprint density at radius 3 is 2.54 bits per heavy atom. The minimum Gasteiger partial charge on any atom is -0.497 e. The molecule has 0 bridgehead atoms. The van der Waals surface area contributed by atoms with E-state index >= 15 is 0 Å². The lowest BCUT2D eigenvalue weighted by atomic mass is 10.1. The fourth-order valence-corrected chi connectivity index (χ4v) is 2.38. The molecule has 0 atom stereocenters. The fourth-order valence-electron chi connectivity index (χ4n) is 2.38. The molecule has 2 heterocycles. The zero-order valence-corrected chi connectivity index (χ0v) is 13.8. The topological polar surface area (TPSA) is 60.9 Å². The Hall–Kier alpha value is -2.76. The highest BCUT2D eigenvalue weighted by molar-refractivity contribution is 5.78. The van der Waals surface area contributed by atoms with E-state index in [1.54, 1.807) is 36.3 Å². The average Bonchev–Trinajstić information content (AvgIpc) is 2.56. The summed E-state index contributed by atoms with van der Waals surface area (Å²) in [6.07, 6.45) is -0.00997. The molecule has 0 saturated carbocycles. The number of benzene rings is 1. The first-order valence-corrected chi connectivity index (χ1v) is 7.79. The summed E-state index contributed by atoms with van der Waals surface area (Å²) in [6.45, 7) is 3.04. The second-order valence-corrected chi connectivity index (χ2v) is 5.62. The molecule has 1 aliphatic heterocycles. The molecule has 24 heavy (non-hydrogen) atoms. The molecule has 1 amide bonds. The van der Waals surface area contributed by atoms with Crippen molar-refractivity contribution in [3.05, 3.63) is 48.2 Å². The molecule has 0 unspecified atom stereocenters. The fraction of sp³-hybridized carbons (Fsp3) is 0.333. The van der Waals surface area contributed by atoms with Gasteiger partial charge in [-0.2, -0.15) is 0 Å². The number of aromatic nitrogens is 1. The molecule has 3 rings (SSSR count). The van der Waals surface area contributed by atoms with Gasteiger partial charge in [-0.15, -0.1) is 0 Å². The molecule has 1 aliphatic rings. The third-order valence-corrected chi connectivity index (χ3v) is 3.77. The van der Waals surface area contributed by atoms with E-state index in [2.05, 4.69) is 4.98 Å². The molecule has 1 fully saturated rings. The molecule has 0 radical (unpaired) electrons. The highest BCUT2D eigenvalue weighted by atomic mass is 16.5. The Morgan fingerprint density at radius 2 is 1.88 bits per heavy atom. The van der Waals surface area contributed by atoms with Gasteiger partial charge in [-0.25, -0.2) is 4.98 Å². The van der Waals surface area contributed by atoms with Crippen LogP contribution in [-0.4, -0.2) is 48.7 Å². The van der Waals surface area contributed by atoms with E-state index in [1.165, 1.54) is 0 Å². The lowest BCUT2D eigenvalue weighted by molar-refractivity contribution is -0.142. The normalized spacial score (nSPS) is 14.0. The monoisotopic (exact) mass is 328 g/mol. The van der Waals surface area contributed by atoms with E-state index in [-0.39, 0.29) is 18.6 Å². The van der Waals surface area contributed by atoms with Crippen molar-refractivity contribution in [2.45, 2.75) is 13.0 Å². The van der Waals surface area contributed by atoms with Gasteiger partial charge in [-0.05, 0) is 37.3 Å². The van der Waals surface area contributed by atoms with Crippen molar-refractivity contribution in [2.24, 2.45) is 0 Å². The molecule has 6 nitrogen and oxygen atoms in total. The van der Waals surface area contributed by atoms with Crippen molar-refractivity contribution in [3.8, 4) is 17.4 Å². The summed E-state index contributed by atoms with van der Waals surface area (Å²) in [4.78, 5) is 18.1. The summed E-state index contributed by atoms with van der Waals surface area (Å²) in [5, 5.41) is 0. The number of ether oxygens (including phenoxy) is 3. The van der Waals surface area contributed by atoms with Gasteiger partial charge >= 0.3 is 0 Å². The van der Waals surface area contributed by atoms with Crippen LogP contribution in [0.25, 0.3) is 0 Å². The Balaban J connectivity index is 1.41. The number of nitrogens with zero attached hydrogens (tertiary/aromatic N) is 2. The Morgan fingerprint density at radius 1 is 1.17 bits per heavy atom. The van der Waals surface area contributed by atoms with E-state index in [4.69, 9.17) is 14.2 Å².